The van der Waals surface area contributed by atoms with Crippen LogP contribution in [0.25, 0.3) is 0 Å². The van der Waals surface area contributed by atoms with E-state index in [1.165, 1.54) is 0 Å². The number of thiazole rings is 1. The summed E-state index contributed by atoms with van der Waals surface area (Å²) in [6.45, 7) is 6.60. The molecule has 0 aliphatic carbocycles. The molecule has 1 amide bonds. The Morgan fingerprint density at radius 3 is 2.31 bits per heavy atom. The molecular weight excluding hydrogens is 248 g/mol. The molecule has 0 spiro atoms. The molecule has 0 aromatic carbocycles. The maximum atomic E-state index is 11.8. The molecule has 1 aromatic rings. The molecule has 1 rings (SSSR count). The van der Waals surface area contributed by atoms with Crippen molar-refractivity contribution in [3.8, 4) is 0 Å². The first kappa shape index (κ1) is 13.1. The topological polar surface area (TPSA) is 76.1 Å². The van der Waals surface area contributed by atoms with Gasteiger partial charge in [0.25, 0.3) is 10.0 Å². The highest BCUT2D eigenvalue weighted by molar-refractivity contribution is 7.92. The minimum atomic E-state index is -3.76. The fourth-order valence-electron chi connectivity index (χ4n) is 1.06. The van der Waals surface area contributed by atoms with Gasteiger partial charge < -0.3 is 0 Å². The molecule has 16 heavy (non-hydrogen) atoms. The number of aryl methyl sites for hydroxylation is 2. The maximum absolute atomic E-state index is 11.8. The highest BCUT2D eigenvalue weighted by Gasteiger charge is 2.24. The quantitative estimate of drug-likeness (QED) is 0.888. The van der Waals surface area contributed by atoms with E-state index in [9.17, 15) is 13.2 Å². The molecule has 0 aliphatic rings. The fraction of sp³-hybridized carbons (Fsp3) is 0.556. The summed E-state index contributed by atoms with van der Waals surface area (Å²) in [6, 6.07) is 0. The van der Waals surface area contributed by atoms with Crippen LogP contribution in [0.4, 0.5) is 0 Å². The number of hydrogen-bond acceptors (Lipinski definition) is 5. The molecule has 0 unspecified atom stereocenters. The number of nitrogens with one attached hydrogen (secondary N) is 1. The minimum absolute atomic E-state index is 0.110. The Morgan fingerprint density at radius 1 is 1.38 bits per heavy atom. The van der Waals surface area contributed by atoms with Crippen molar-refractivity contribution in [3.05, 3.63) is 10.7 Å². The van der Waals surface area contributed by atoms with E-state index < -0.39 is 15.9 Å². The molecule has 0 bridgehead atoms. The molecule has 0 radical (unpaired) electrons. The Labute approximate surface area is 99.0 Å². The number of rotatable bonds is 3. The molecule has 0 saturated carbocycles. The molecule has 7 heteroatoms. The van der Waals surface area contributed by atoms with Crippen LogP contribution in [0.3, 0.4) is 0 Å². The maximum Gasteiger partial charge on any atom is 0.275 e. The molecule has 5 nitrogen and oxygen atoms in total. The van der Waals surface area contributed by atoms with E-state index in [1.54, 1.807) is 27.7 Å². The zero-order valence-electron chi connectivity index (χ0n) is 9.57. The summed E-state index contributed by atoms with van der Waals surface area (Å²) < 4.78 is 25.8. The monoisotopic (exact) mass is 262 g/mol. The van der Waals surface area contributed by atoms with Crippen LogP contribution in [0, 0.1) is 19.8 Å². The molecular formula is C9H14N2O3S2. The van der Waals surface area contributed by atoms with E-state index in [0.29, 0.717) is 10.7 Å². The lowest BCUT2D eigenvalue weighted by atomic mass is 10.2. The largest absolute Gasteiger partial charge is 0.275 e. The molecule has 0 atom stereocenters. The molecule has 0 aliphatic heterocycles. The van der Waals surface area contributed by atoms with Crippen molar-refractivity contribution >= 4 is 27.3 Å². The lowest BCUT2D eigenvalue weighted by molar-refractivity contribution is -0.122. The van der Waals surface area contributed by atoms with Crippen molar-refractivity contribution in [3.63, 3.8) is 0 Å². The number of nitrogens with zero attached hydrogens (tertiary/aromatic N) is 1. The molecule has 1 aromatic heterocycles. The number of carbonyl (C=O) groups excluding carboxylic acids is 1. The van der Waals surface area contributed by atoms with Gasteiger partial charge in [0.2, 0.25) is 5.91 Å². The van der Waals surface area contributed by atoms with Gasteiger partial charge in [-0.3, -0.25) is 4.79 Å². The van der Waals surface area contributed by atoms with Gasteiger partial charge in [-0.1, -0.05) is 13.8 Å². The van der Waals surface area contributed by atoms with Crippen LogP contribution < -0.4 is 4.72 Å². The van der Waals surface area contributed by atoms with Crippen molar-refractivity contribution in [1.82, 2.24) is 9.71 Å². The van der Waals surface area contributed by atoms with Gasteiger partial charge in [-0.15, -0.1) is 11.3 Å². The Morgan fingerprint density at radius 2 is 1.94 bits per heavy atom. The summed E-state index contributed by atoms with van der Waals surface area (Å²) in [6.07, 6.45) is 0. The lowest BCUT2D eigenvalue weighted by Crippen LogP contribution is -2.33. The summed E-state index contributed by atoms with van der Waals surface area (Å²) in [7, 11) is -3.76. The zero-order valence-corrected chi connectivity index (χ0v) is 11.2. The highest BCUT2D eigenvalue weighted by Crippen LogP contribution is 2.22. The zero-order chi connectivity index (χ0) is 12.5. The smallest absolute Gasteiger partial charge is 0.274 e. The van der Waals surface area contributed by atoms with Crippen LogP contribution in [-0.4, -0.2) is 19.3 Å². The Kier molecular flexibility index (Phi) is 3.69. The summed E-state index contributed by atoms with van der Waals surface area (Å²) in [4.78, 5) is 15.4. The van der Waals surface area contributed by atoms with E-state index in [1.807, 2.05) is 4.72 Å². The molecule has 0 saturated heterocycles. The number of sulfonamides is 1. The summed E-state index contributed by atoms with van der Waals surface area (Å²) in [5.41, 5.74) is 0.423. The second-order valence-electron chi connectivity index (χ2n) is 3.73. The van der Waals surface area contributed by atoms with Crippen LogP contribution in [0.1, 0.15) is 24.5 Å². The predicted octanol–water partition coefficient (Wildman–Crippen LogP) is 1.22. The van der Waals surface area contributed by atoms with Crippen LogP contribution in [0.15, 0.2) is 4.21 Å². The number of hydrogen-bond donors (Lipinski definition) is 1. The average molecular weight is 262 g/mol. The average Bonchev–Trinajstić information content (AvgIpc) is 2.45. The third-order valence-corrected chi connectivity index (χ3v) is 4.89. The van der Waals surface area contributed by atoms with Gasteiger partial charge >= 0.3 is 0 Å². The highest BCUT2D eigenvalue weighted by atomic mass is 32.2. The Balaban J connectivity index is 3.04. The predicted molar refractivity (Wildman–Crippen MR) is 61.8 cm³/mol. The van der Waals surface area contributed by atoms with Gasteiger partial charge in [-0.2, -0.15) is 0 Å². The van der Waals surface area contributed by atoms with Gasteiger partial charge in [-0.05, 0) is 13.8 Å². The fourth-order valence-corrected chi connectivity index (χ4v) is 3.66. The minimum Gasteiger partial charge on any atom is -0.274 e. The third kappa shape index (κ3) is 2.79. The van der Waals surface area contributed by atoms with Gasteiger partial charge in [0, 0.05) is 5.92 Å². The van der Waals surface area contributed by atoms with Gasteiger partial charge in [-0.25, -0.2) is 18.1 Å². The normalized spacial score (nSPS) is 11.8. The van der Waals surface area contributed by atoms with Crippen LogP contribution in [-0.2, 0) is 14.8 Å². The van der Waals surface area contributed by atoms with Gasteiger partial charge in [0.15, 0.2) is 4.21 Å². The van der Waals surface area contributed by atoms with E-state index >= 15 is 0 Å². The lowest BCUT2D eigenvalue weighted by Gasteiger charge is -2.07. The van der Waals surface area contributed by atoms with E-state index in [2.05, 4.69) is 4.98 Å². The van der Waals surface area contributed by atoms with Crippen molar-refractivity contribution < 1.29 is 13.2 Å². The standard InChI is InChI=1S/C9H14N2O3S2/c1-5(2)8(12)11-16(13,14)9-6(3)10-7(4)15-9/h5H,1-4H3,(H,11,12). The molecule has 1 N–H and O–H groups in total. The number of carbonyl (C=O) groups is 1. The summed E-state index contributed by atoms with van der Waals surface area (Å²) in [5.74, 6) is -0.880. The van der Waals surface area contributed by atoms with E-state index in [0.717, 1.165) is 11.3 Å². The van der Waals surface area contributed by atoms with Crippen molar-refractivity contribution in [2.24, 2.45) is 5.92 Å². The van der Waals surface area contributed by atoms with Crippen molar-refractivity contribution in [2.75, 3.05) is 0 Å². The molecule has 0 fully saturated rings. The van der Waals surface area contributed by atoms with Gasteiger partial charge in [0.1, 0.15) is 0 Å². The molecule has 90 valence electrons. The molecule has 1 heterocycles. The second-order valence-corrected chi connectivity index (χ2v) is 6.81. The first-order valence-corrected chi connectivity index (χ1v) is 7.04. The third-order valence-electron chi connectivity index (χ3n) is 1.86. The van der Waals surface area contributed by atoms with E-state index in [-0.39, 0.29) is 10.1 Å². The van der Waals surface area contributed by atoms with Crippen molar-refractivity contribution in [1.29, 1.82) is 0 Å². The van der Waals surface area contributed by atoms with Crippen LogP contribution >= 0.6 is 11.3 Å². The van der Waals surface area contributed by atoms with Crippen LogP contribution in [0.5, 0.6) is 0 Å². The van der Waals surface area contributed by atoms with E-state index in [4.69, 9.17) is 0 Å². The number of amides is 1. The van der Waals surface area contributed by atoms with Crippen LogP contribution in [0.2, 0.25) is 0 Å². The summed E-state index contributed by atoms with van der Waals surface area (Å²) in [5, 5.41) is 0.662. The first-order valence-electron chi connectivity index (χ1n) is 4.74. The van der Waals surface area contributed by atoms with Crippen molar-refractivity contribution in [2.45, 2.75) is 31.9 Å². The Bertz CT molecular complexity index is 503. The van der Waals surface area contributed by atoms with Gasteiger partial charge in [0.05, 0.1) is 10.7 Å². The first-order chi connectivity index (χ1) is 7.24. The second kappa shape index (κ2) is 4.50. The summed E-state index contributed by atoms with van der Waals surface area (Å²) >= 11 is 1.06. The Hall–Kier alpha value is -0.950. The number of aromatic nitrogens is 1. The SMILES string of the molecule is Cc1nc(C)c(S(=O)(=O)NC(=O)C(C)C)s1.